The molecule has 0 amide bonds. The van der Waals surface area contributed by atoms with Gasteiger partial charge in [0, 0.05) is 23.3 Å². The predicted molar refractivity (Wildman–Crippen MR) is 75.2 cm³/mol. The molecule has 0 atom stereocenters. The molecular weight excluding hydrogens is 254 g/mol. The summed E-state index contributed by atoms with van der Waals surface area (Å²) in [7, 11) is 0. The Morgan fingerprint density at radius 1 is 1.00 bits per heavy atom. The molecule has 0 saturated heterocycles. The van der Waals surface area contributed by atoms with Gasteiger partial charge >= 0.3 is 0 Å². The maximum atomic E-state index is 11.9. The van der Waals surface area contributed by atoms with Gasteiger partial charge < -0.3 is 5.21 Å². The second-order valence-electron chi connectivity index (χ2n) is 4.32. The minimum absolute atomic E-state index is 0.00630. The molecule has 0 aliphatic heterocycles. The Hall–Kier alpha value is -2.75. The number of aromatic nitrogens is 1. The van der Waals surface area contributed by atoms with Crippen LogP contribution in [0.4, 0.5) is 0 Å². The van der Waals surface area contributed by atoms with Gasteiger partial charge in [-0.25, -0.2) is 0 Å². The van der Waals surface area contributed by atoms with E-state index in [4.69, 9.17) is 0 Å². The Kier molecular flexibility index (Phi) is 4.05. The lowest BCUT2D eigenvalue weighted by Crippen LogP contribution is -2.24. The van der Waals surface area contributed by atoms with Crippen molar-refractivity contribution in [3.63, 3.8) is 0 Å². The van der Waals surface area contributed by atoms with E-state index in [0.29, 0.717) is 15.9 Å². The molecule has 0 aliphatic carbocycles. The maximum Gasteiger partial charge on any atom is 0.186 e. The highest BCUT2D eigenvalue weighted by molar-refractivity contribution is 6.06. The van der Waals surface area contributed by atoms with E-state index in [1.165, 1.54) is 37.5 Å². The molecule has 1 aromatic carbocycles. The lowest BCUT2D eigenvalue weighted by molar-refractivity contribution is -0.605. The summed E-state index contributed by atoms with van der Waals surface area (Å²) >= 11 is 0. The number of allylic oxidation sites excluding steroid dienone is 1. The Morgan fingerprint density at radius 3 is 2.15 bits per heavy atom. The van der Waals surface area contributed by atoms with Crippen LogP contribution in [0.1, 0.15) is 33.2 Å². The number of ketones is 2. The number of carbonyl (C=O) groups excluding carboxylic acids is 2. The topological polar surface area (TPSA) is 61.1 Å². The Labute approximate surface area is 116 Å². The van der Waals surface area contributed by atoms with Gasteiger partial charge in [-0.05, 0) is 18.6 Å². The lowest BCUT2D eigenvalue weighted by atomic mass is 10.1. The van der Waals surface area contributed by atoms with Gasteiger partial charge in [-0.1, -0.05) is 30.3 Å². The van der Waals surface area contributed by atoms with Crippen LogP contribution in [0.25, 0.3) is 6.08 Å². The van der Waals surface area contributed by atoms with Gasteiger partial charge in [-0.3, -0.25) is 9.59 Å². The van der Waals surface area contributed by atoms with E-state index in [-0.39, 0.29) is 11.6 Å². The van der Waals surface area contributed by atoms with Crippen molar-refractivity contribution < 1.29 is 14.3 Å². The Balaban J connectivity index is 2.10. The SMILES string of the molecule is CC(=O)c1ccc(C=CC(=O)c2cc[n+]([O-])cc2)cc1. The molecule has 100 valence electrons. The third kappa shape index (κ3) is 3.38. The van der Waals surface area contributed by atoms with Crippen LogP contribution in [0.5, 0.6) is 0 Å². The van der Waals surface area contributed by atoms with Crippen LogP contribution in [-0.2, 0) is 0 Å². The normalized spacial score (nSPS) is 10.7. The number of carbonyl (C=O) groups is 2. The third-order valence-electron chi connectivity index (χ3n) is 2.83. The third-order valence-corrected chi connectivity index (χ3v) is 2.83. The summed E-state index contributed by atoms with van der Waals surface area (Å²) in [6.45, 7) is 1.51. The Bertz CT molecular complexity index is 655. The summed E-state index contributed by atoms with van der Waals surface area (Å²) in [6.07, 6.45) is 5.67. The zero-order chi connectivity index (χ0) is 14.5. The molecule has 0 aliphatic rings. The quantitative estimate of drug-likeness (QED) is 0.370. The monoisotopic (exact) mass is 267 g/mol. The van der Waals surface area contributed by atoms with Gasteiger partial charge in [0.2, 0.25) is 0 Å². The average molecular weight is 267 g/mol. The number of nitrogens with zero attached hydrogens (tertiary/aromatic N) is 1. The molecule has 4 heteroatoms. The number of hydrogen-bond acceptors (Lipinski definition) is 3. The highest BCUT2D eigenvalue weighted by atomic mass is 16.5. The van der Waals surface area contributed by atoms with Crippen LogP contribution in [0, 0.1) is 5.21 Å². The van der Waals surface area contributed by atoms with Crippen LogP contribution < -0.4 is 4.73 Å². The maximum absolute atomic E-state index is 11.9. The van der Waals surface area contributed by atoms with E-state index < -0.39 is 0 Å². The van der Waals surface area contributed by atoms with Gasteiger partial charge in [0.15, 0.2) is 24.0 Å². The standard InChI is InChI=1S/C16H13NO3/c1-12(18)14-5-2-13(3-6-14)4-7-16(19)15-8-10-17(20)11-9-15/h2-11H,1H3. The Morgan fingerprint density at radius 2 is 1.60 bits per heavy atom. The molecule has 20 heavy (non-hydrogen) atoms. The average Bonchev–Trinajstić information content (AvgIpc) is 2.46. The number of hydrogen-bond donors (Lipinski definition) is 0. The molecule has 0 spiro atoms. The van der Waals surface area contributed by atoms with Crippen LogP contribution in [0.15, 0.2) is 54.9 Å². The van der Waals surface area contributed by atoms with Crippen LogP contribution >= 0.6 is 0 Å². The van der Waals surface area contributed by atoms with Crippen molar-refractivity contribution in [2.75, 3.05) is 0 Å². The molecule has 2 aromatic rings. The van der Waals surface area contributed by atoms with Gasteiger partial charge in [0.1, 0.15) is 0 Å². The first-order valence-corrected chi connectivity index (χ1v) is 6.08. The van der Waals surface area contributed by atoms with Crippen molar-refractivity contribution in [3.05, 3.63) is 76.8 Å². The second-order valence-corrected chi connectivity index (χ2v) is 4.32. The van der Waals surface area contributed by atoms with E-state index in [1.54, 1.807) is 30.3 Å². The first-order chi connectivity index (χ1) is 9.56. The zero-order valence-corrected chi connectivity index (χ0v) is 10.9. The molecule has 0 fully saturated rings. The predicted octanol–water partition coefficient (Wildman–Crippen LogP) is 2.42. The molecular formula is C16H13NO3. The summed E-state index contributed by atoms with van der Waals surface area (Å²) in [6, 6.07) is 9.93. The van der Waals surface area contributed by atoms with Crippen molar-refractivity contribution in [2.45, 2.75) is 6.92 Å². The fourth-order valence-corrected chi connectivity index (χ4v) is 1.67. The van der Waals surface area contributed by atoms with E-state index >= 15 is 0 Å². The summed E-state index contributed by atoms with van der Waals surface area (Å²) < 4.78 is 0.626. The van der Waals surface area contributed by atoms with Crippen molar-refractivity contribution in [1.82, 2.24) is 0 Å². The van der Waals surface area contributed by atoms with Gasteiger partial charge in [-0.2, -0.15) is 4.73 Å². The van der Waals surface area contributed by atoms with Crippen LogP contribution in [0.3, 0.4) is 0 Å². The molecule has 0 N–H and O–H groups in total. The molecule has 0 saturated carbocycles. The smallest absolute Gasteiger partial charge is 0.186 e. The molecule has 1 aromatic heterocycles. The fraction of sp³-hybridized carbons (Fsp3) is 0.0625. The summed E-state index contributed by atoms with van der Waals surface area (Å²) in [5, 5.41) is 10.9. The number of pyridine rings is 1. The van der Waals surface area contributed by atoms with Crippen molar-refractivity contribution in [2.24, 2.45) is 0 Å². The number of benzene rings is 1. The van der Waals surface area contributed by atoms with Crippen molar-refractivity contribution in [3.8, 4) is 0 Å². The van der Waals surface area contributed by atoms with Crippen LogP contribution in [0.2, 0.25) is 0 Å². The first-order valence-electron chi connectivity index (χ1n) is 6.08. The molecule has 0 radical (unpaired) electrons. The highest BCUT2D eigenvalue weighted by Gasteiger charge is 2.03. The van der Waals surface area contributed by atoms with E-state index in [1.807, 2.05) is 0 Å². The molecule has 0 bridgehead atoms. The summed E-state index contributed by atoms with van der Waals surface area (Å²) in [5.41, 5.74) is 1.92. The number of Topliss-reactive ketones (excluding diaryl/α,β-unsaturated/α-hetero) is 1. The van der Waals surface area contributed by atoms with E-state index in [2.05, 4.69) is 0 Å². The summed E-state index contributed by atoms with van der Waals surface area (Å²) in [5.74, 6) is -0.173. The van der Waals surface area contributed by atoms with Gasteiger partial charge in [-0.15, -0.1) is 0 Å². The molecule has 4 nitrogen and oxygen atoms in total. The first kappa shape index (κ1) is 13.7. The van der Waals surface area contributed by atoms with E-state index in [0.717, 1.165) is 5.56 Å². The molecule has 1 heterocycles. The summed E-state index contributed by atoms with van der Waals surface area (Å²) in [4.78, 5) is 23.0. The fourth-order valence-electron chi connectivity index (χ4n) is 1.67. The molecule has 2 rings (SSSR count). The largest absolute Gasteiger partial charge is 0.619 e. The zero-order valence-electron chi connectivity index (χ0n) is 10.9. The van der Waals surface area contributed by atoms with Gasteiger partial charge in [0.05, 0.1) is 0 Å². The van der Waals surface area contributed by atoms with Crippen molar-refractivity contribution >= 4 is 17.6 Å². The van der Waals surface area contributed by atoms with Crippen LogP contribution in [-0.4, -0.2) is 11.6 Å². The number of rotatable bonds is 4. The minimum atomic E-state index is -0.179. The minimum Gasteiger partial charge on any atom is -0.619 e. The van der Waals surface area contributed by atoms with Crippen molar-refractivity contribution in [1.29, 1.82) is 0 Å². The highest BCUT2D eigenvalue weighted by Crippen LogP contribution is 2.08. The lowest BCUT2D eigenvalue weighted by Gasteiger charge is -1.98. The molecule has 0 unspecified atom stereocenters. The second kappa shape index (κ2) is 5.93. The van der Waals surface area contributed by atoms with E-state index in [9.17, 15) is 14.8 Å². The van der Waals surface area contributed by atoms with Gasteiger partial charge in [0.25, 0.3) is 0 Å².